The lowest BCUT2D eigenvalue weighted by molar-refractivity contribution is -0.132. The van der Waals surface area contributed by atoms with E-state index in [1.807, 2.05) is 35.2 Å². The number of amides is 2. The SMILES string of the molecule is O=C(NC(Cc1ccccc1)C(=O)N1CCC(N2CCNCC2)C1)c1ccco1. The van der Waals surface area contributed by atoms with Gasteiger partial charge in [0, 0.05) is 51.7 Å². The van der Waals surface area contributed by atoms with Gasteiger partial charge in [-0.1, -0.05) is 30.3 Å². The van der Waals surface area contributed by atoms with Gasteiger partial charge < -0.3 is 20.0 Å². The molecule has 2 aliphatic rings. The predicted octanol–water partition coefficient (Wildman–Crippen LogP) is 1.13. The summed E-state index contributed by atoms with van der Waals surface area (Å²) < 4.78 is 5.20. The minimum Gasteiger partial charge on any atom is -0.459 e. The predicted molar refractivity (Wildman–Crippen MR) is 110 cm³/mol. The van der Waals surface area contributed by atoms with Crippen molar-refractivity contribution in [1.82, 2.24) is 20.4 Å². The largest absolute Gasteiger partial charge is 0.459 e. The zero-order valence-corrected chi connectivity index (χ0v) is 16.5. The van der Waals surface area contributed by atoms with Gasteiger partial charge >= 0.3 is 0 Å². The fraction of sp³-hybridized carbons (Fsp3) is 0.455. The Morgan fingerprint density at radius 1 is 1.10 bits per heavy atom. The van der Waals surface area contributed by atoms with Crippen molar-refractivity contribution in [3.63, 3.8) is 0 Å². The summed E-state index contributed by atoms with van der Waals surface area (Å²) in [6.07, 6.45) is 2.90. The van der Waals surface area contributed by atoms with Gasteiger partial charge in [-0.15, -0.1) is 0 Å². The van der Waals surface area contributed by atoms with E-state index in [2.05, 4.69) is 15.5 Å². The van der Waals surface area contributed by atoms with Gasteiger partial charge in [0.05, 0.1) is 6.26 Å². The zero-order valence-electron chi connectivity index (χ0n) is 16.5. The van der Waals surface area contributed by atoms with Crippen LogP contribution in [0.1, 0.15) is 22.5 Å². The fourth-order valence-corrected chi connectivity index (χ4v) is 4.19. The van der Waals surface area contributed by atoms with E-state index in [1.165, 1.54) is 6.26 Å². The lowest BCUT2D eigenvalue weighted by Gasteiger charge is -2.33. The van der Waals surface area contributed by atoms with Gasteiger partial charge in [0.15, 0.2) is 5.76 Å². The summed E-state index contributed by atoms with van der Waals surface area (Å²) in [6.45, 7) is 5.50. The number of rotatable bonds is 6. The molecule has 0 aliphatic carbocycles. The monoisotopic (exact) mass is 396 g/mol. The standard InChI is InChI=1S/C22H28N4O3/c27-21(20-7-4-14-29-20)24-19(15-17-5-2-1-3-6-17)22(28)26-11-8-18(16-26)25-12-9-23-10-13-25/h1-7,14,18-19,23H,8-13,15-16H2,(H,24,27). The molecule has 4 rings (SSSR count). The highest BCUT2D eigenvalue weighted by Gasteiger charge is 2.34. The molecule has 154 valence electrons. The van der Waals surface area contributed by atoms with E-state index in [-0.39, 0.29) is 17.6 Å². The van der Waals surface area contributed by atoms with Crippen molar-refractivity contribution in [2.75, 3.05) is 39.3 Å². The van der Waals surface area contributed by atoms with Crippen LogP contribution >= 0.6 is 0 Å². The average Bonchev–Trinajstić information content (AvgIpc) is 3.46. The van der Waals surface area contributed by atoms with Crippen LogP contribution in [0.4, 0.5) is 0 Å². The van der Waals surface area contributed by atoms with Crippen LogP contribution in [-0.4, -0.2) is 73.0 Å². The van der Waals surface area contributed by atoms with Gasteiger partial charge in [-0.05, 0) is 24.1 Å². The van der Waals surface area contributed by atoms with E-state index in [0.29, 0.717) is 12.5 Å². The summed E-state index contributed by atoms with van der Waals surface area (Å²) in [7, 11) is 0. The third-order valence-electron chi connectivity index (χ3n) is 5.77. The van der Waals surface area contributed by atoms with Gasteiger partial charge in [0.2, 0.25) is 5.91 Å². The summed E-state index contributed by atoms with van der Waals surface area (Å²) in [5.41, 5.74) is 1.02. The number of carbonyl (C=O) groups is 2. The normalized spacial score (nSPS) is 21.1. The Morgan fingerprint density at radius 2 is 1.90 bits per heavy atom. The molecule has 7 heteroatoms. The third kappa shape index (κ3) is 4.86. The zero-order chi connectivity index (χ0) is 20.1. The fourth-order valence-electron chi connectivity index (χ4n) is 4.19. The molecule has 0 saturated carbocycles. The van der Waals surface area contributed by atoms with Crippen LogP contribution in [0.25, 0.3) is 0 Å². The summed E-state index contributed by atoms with van der Waals surface area (Å²) >= 11 is 0. The molecule has 2 N–H and O–H groups in total. The first-order valence-electron chi connectivity index (χ1n) is 10.3. The molecule has 3 heterocycles. The minimum absolute atomic E-state index is 0.0219. The van der Waals surface area contributed by atoms with Crippen molar-refractivity contribution in [2.24, 2.45) is 0 Å². The molecule has 0 radical (unpaired) electrons. The molecule has 2 aliphatic heterocycles. The first-order valence-corrected chi connectivity index (χ1v) is 10.3. The first-order chi connectivity index (χ1) is 14.2. The molecule has 2 amide bonds. The molecular weight excluding hydrogens is 368 g/mol. The number of benzene rings is 1. The van der Waals surface area contributed by atoms with Crippen LogP contribution in [0.2, 0.25) is 0 Å². The summed E-state index contributed by atoms with van der Waals surface area (Å²) in [5.74, 6) is -0.162. The number of likely N-dealkylation sites (tertiary alicyclic amines) is 1. The molecule has 29 heavy (non-hydrogen) atoms. The van der Waals surface area contributed by atoms with Crippen molar-refractivity contribution in [3.8, 4) is 0 Å². The lowest BCUT2D eigenvalue weighted by Crippen LogP contribution is -2.51. The summed E-state index contributed by atoms with van der Waals surface area (Å²) in [4.78, 5) is 30.3. The van der Waals surface area contributed by atoms with E-state index in [1.54, 1.807) is 12.1 Å². The van der Waals surface area contributed by atoms with E-state index < -0.39 is 6.04 Å². The highest BCUT2D eigenvalue weighted by atomic mass is 16.3. The van der Waals surface area contributed by atoms with Gasteiger partial charge in [-0.2, -0.15) is 0 Å². The van der Waals surface area contributed by atoms with Crippen LogP contribution < -0.4 is 10.6 Å². The number of hydrogen-bond donors (Lipinski definition) is 2. The van der Waals surface area contributed by atoms with Crippen molar-refractivity contribution >= 4 is 11.8 Å². The van der Waals surface area contributed by atoms with E-state index in [0.717, 1.165) is 51.3 Å². The Bertz CT molecular complexity index is 803. The molecule has 2 atom stereocenters. The van der Waals surface area contributed by atoms with Gasteiger partial charge in [-0.25, -0.2) is 0 Å². The Hall–Kier alpha value is -2.64. The number of piperazine rings is 1. The minimum atomic E-state index is -0.614. The van der Waals surface area contributed by atoms with Crippen LogP contribution in [0.5, 0.6) is 0 Å². The molecule has 1 aromatic carbocycles. The van der Waals surface area contributed by atoms with Crippen LogP contribution in [0.15, 0.2) is 53.1 Å². The topological polar surface area (TPSA) is 77.8 Å². The molecule has 2 saturated heterocycles. The molecule has 1 aromatic heterocycles. The van der Waals surface area contributed by atoms with E-state index in [4.69, 9.17) is 4.42 Å². The highest BCUT2D eigenvalue weighted by molar-refractivity contribution is 5.95. The molecule has 2 unspecified atom stereocenters. The van der Waals surface area contributed by atoms with E-state index >= 15 is 0 Å². The highest BCUT2D eigenvalue weighted by Crippen LogP contribution is 2.18. The number of hydrogen-bond acceptors (Lipinski definition) is 5. The number of carbonyl (C=O) groups excluding carboxylic acids is 2. The summed E-state index contributed by atoms with van der Waals surface area (Å²) in [5, 5.41) is 6.27. The van der Waals surface area contributed by atoms with Gasteiger partial charge in [0.25, 0.3) is 5.91 Å². The molecular formula is C22H28N4O3. The maximum atomic E-state index is 13.3. The number of nitrogens with zero attached hydrogens (tertiary/aromatic N) is 2. The van der Waals surface area contributed by atoms with Crippen molar-refractivity contribution < 1.29 is 14.0 Å². The number of furan rings is 1. The molecule has 2 aromatic rings. The molecule has 7 nitrogen and oxygen atoms in total. The van der Waals surface area contributed by atoms with E-state index in [9.17, 15) is 9.59 Å². The van der Waals surface area contributed by atoms with Crippen LogP contribution in [-0.2, 0) is 11.2 Å². The maximum absolute atomic E-state index is 13.3. The molecule has 0 bridgehead atoms. The third-order valence-corrected chi connectivity index (χ3v) is 5.77. The lowest BCUT2D eigenvalue weighted by atomic mass is 10.0. The smallest absolute Gasteiger partial charge is 0.287 e. The average molecular weight is 396 g/mol. The number of nitrogens with one attached hydrogen (secondary N) is 2. The van der Waals surface area contributed by atoms with Gasteiger partial charge in [0.1, 0.15) is 6.04 Å². The van der Waals surface area contributed by atoms with Crippen LogP contribution in [0.3, 0.4) is 0 Å². The Labute approximate surface area is 171 Å². The second-order valence-corrected chi connectivity index (χ2v) is 7.71. The van der Waals surface area contributed by atoms with Crippen molar-refractivity contribution in [3.05, 3.63) is 60.1 Å². The Kier molecular flexibility index (Phi) is 6.27. The second-order valence-electron chi connectivity index (χ2n) is 7.71. The summed E-state index contributed by atoms with van der Waals surface area (Å²) in [6, 6.07) is 12.9. The Morgan fingerprint density at radius 3 is 2.62 bits per heavy atom. The quantitative estimate of drug-likeness (QED) is 0.765. The van der Waals surface area contributed by atoms with Gasteiger partial charge in [-0.3, -0.25) is 14.5 Å². The van der Waals surface area contributed by atoms with Crippen molar-refractivity contribution in [1.29, 1.82) is 0 Å². The first kappa shape index (κ1) is 19.7. The second kappa shape index (κ2) is 9.24. The van der Waals surface area contributed by atoms with Crippen LogP contribution in [0, 0.1) is 0 Å². The molecule has 2 fully saturated rings. The van der Waals surface area contributed by atoms with Crippen molar-refractivity contribution in [2.45, 2.75) is 24.9 Å². The Balaban J connectivity index is 1.44. The molecule has 0 spiro atoms. The maximum Gasteiger partial charge on any atom is 0.287 e.